The number of carboxylic acids is 1. The van der Waals surface area contributed by atoms with Crippen molar-refractivity contribution in [1.29, 1.82) is 0 Å². The average molecular weight is 442 g/mol. The molecule has 2 nitrogen and oxygen atoms in total. The molecule has 0 spiro atoms. The van der Waals surface area contributed by atoms with Crippen LogP contribution in [0.4, 0.5) is 0 Å². The van der Waals surface area contributed by atoms with E-state index in [1.807, 2.05) is 0 Å². The molecule has 0 amide bonds. The Balaban J connectivity index is 0. The van der Waals surface area contributed by atoms with Crippen LogP contribution in [0, 0.1) is 0 Å². The van der Waals surface area contributed by atoms with Crippen LogP contribution < -0.4 is 5.11 Å². The second-order valence-electron chi connectivity index (χ2n) is 3.57. The second-order valence-corrected chi connectivity index (χ2v) is 9.97. The molecule has 0 fully saturated rings. The largest absolute Gasteiger partial charge is 0.549 e. The van der Waals surface area contributed by atoms with Crippen molar-refractivity contribution in [2.75, 3.05) is 6.26 Å². The smallest absolute Gasteiger partial charge is 0.0541 e. The molecule has 2 radical (unpaired) electrons. The van der Waals surface area contributed by atoms with Gasteiger partial charge in [-0.2, -0.15) is 11.8 Å². The summed E-state index contributed by atoms with van der Waals surface area (Å²) in [6.07, 6.45) is 7.59. The zero-order valence-electron chi connectivity index (χ0n) is 11.0. The normalized spacial score (nSPS) is 11.5. The predicted octanol–water partition coefficient (Wildman–Crippen LogP) is 2.62. The molecule has 0 aliphatic carbocycles. The van der Waals surface area contributed by atoms with Crippen molar-refractivity contribution in [2.45, 2.75) is 60.0 Å². The summed E-state index contributed by atoms with van der Waals surface area (Å²) in [4.78, 5) is 9.80. The Labute approximate surface area is 117 Å². The summed E-state index contributed by atoms with van der Waals surface area (Å²) in [6, 6.07) is 0. The minimum atomic E-state index is -0.993. The molecule has 4 heteroatoms. The van der Waals surface area contributed by atoms with Gasteiger partial charge >= 0.3 is 71.0 Å². The van der Waals surface area contributed by atoms with E-state index in [2.05, 4.69) is 13.8 Å². The first-order valence-corrected chi connectivity index (χ1v) is 12.2. The van der Waals surface area contributed by atoms with Crippen LogP contribution >= 0.6 is 11.8 Å². The Morgan fingerprint density at radius 3 is 1.88 bits per heavy atom. The molecule has 96 valence electrons. The summed E-state index contributed by atoms with van der Waals surface area (Å²) in [5, 5.41) is 9.42. The maximum absolute atomic E-state index is 9.80. The van der Waals surface area contributed by atoms with Crippen LogP contribution in [0.15, 0.2) is 0 Å². The van der Waals surface area contributed by atoms with Crippen molar-refractivity contribution < 1.29 is 9.90 Å². The fourth-order valence-corrected chi connectivity index (χ4v) is 6.01. The van der Waals surface area contributed by atoms with Gasteiger partial charge in [-0.05, 0) is 13.2 Å². The molecule has 0 saturated carbocycles. The number of hydrogen-bond donors (Lipinski definition) is 0. The molecule has 0 aliphatic heterocycles. The van der Waals surface area contributed by atoms with E-state index >= 15 is 0 Å². The summed E-state index contributed by atoms with van der Waals surface area (Å²) in [6.45, 7) is 6.18. The fraction of sp³-hybridized carbons (Fsp3) is 0.917. The van der Waals surface area contributed by atoms with Crippen molar-refractivity contribution >= 4 is 41.0 Å². The van der Waals surface area contributed by atoms with Gasteiger partial charge < -0.3 is 9.90 Å². The van der Waals surface area contributed by atoms with Gasteiger partial charge in [0, 0.05) is 5.25 Å². The van der Waals surface area contributed by atoms with Crippen LogP contribution in [0.2, 0.25) is 8.26 Å². The minimum Gasteiger partial charge on any atom is -0.549 e. The van der Waals surface area contributed by atoms with Gasteiger partial charge in [0.05, 0.1) is 5.97 Å². The molecule has 0 saturated heterocycles. The van der Waals surface area contributed by atoms with E-state index in [4.69, 9.17) is 0 Å². The van der Waals surface area contributed by atoms with Crippen molar-refractivity contribution in [3.05, 3.63) is 0 Å². The van der Waals surface area contributed by atoms with Crippen molar-refractivity contribution in [3.63, 3.8) is 0 Å². The van der Waals surface area contributed by atoms with Crippen molar-refractivity contribution in [2.24, 2.45) is 0 Å². The molecular formula is C12H25BiO2S. The SMILES string of the molecule is CCC[CH2][Bi+][CH2]CCC.CSC(C)C(=O)[O-]. The Morgan fingerprint density at radius 2 is 1.69 bits per heavy atom. The zero-order valence-corrected chi connectivity index (χ0v) is 15.3. The number of carbonyl (C=O) groups is 1. The maximum Gasteiger partial charge on any atom is 0.0541 e. The predicted molar refractivity (Wildman–Crippen MR) is 73.2 cm³/mol. The molecule has 0 aromatic rings. The number of rotatable bonds is 8. The third kappa shape index (κ3) is 17.1. The molecular weight excluding hydrogens is 417 g/mol. The average Bonchev–Trinajstić information content (AvgIpc) is 2.28. The summed E-state index contributed by atoms with van der Waals surface area (Å²) in [5.74, 6) is -0.993. The van der Waals surface area contributed by atoms with Gasteiger partial charge in [-0.15, -0.1) is 0 Å². The van der Waals surface area contributed by atoms with Crippen LogP contribution in [0.1, 0.15) is 46.5 Å². The molecule has 0 rings (SSSR count). The number of hydrogen-bond acceptors (Lipinski definition) is 3. The van der Waals surface area contributed by atoms with Crippen molar-refractivity contribution in [1.82, 2.24) is 0 Å². The van der Waals surface area contributed by atoms with E-state index < -0.39 is 5.97 Å². The fourth-order valence-electron chi connectivity index (χ4n) is 0.748. The minimum absolute atomic E-state index is 0.0681. The molecule has 0 aromatic heterocycles. The second kappa shape index (κ2) is 15.7. The Hall–Kier alpha value is 0.703. The summed E-state index contributed by atoms with van der Waals surface area (Å²) in [5.41, 5.74) is 0. The van der Waals surface area contributed by atoms with Gasteiger partial charge in [0.15, 0.2) is 0 Å². The summed E-state index contributed by atoms with van der Waals surface area (Å²) < 4.78 is 3.27. The Morgan fingerprint density at radius 1 is 1.25 bits per heavy atom. The molecule has 1 atom stereocenters. The number of carbonyl (C=O) groups excluding carboxylic acids is 1. The maximum atomic E-state index is 9.80. The van der Waals surface area contributed by atoms with Gasteiger partial charge in [-0.1, -0.05) is 0 Å². The van der Waals surface area contributed by atoms with Crippen LogP contribution in [-0.2, 0) is 4.79 Å². The van der Waals surface area contributed by atoms with Crippen LogP contribution in [-0.4, -0.2) is 40.7 Å². The molecule has 0 bridgehead atoms. The van der Waals surface area contributed by atoms with Crippen LogP contribution in [0.3, 0.4) is 0 Å². The van der Waals surface area contributed by atoms with Crippen molar-refractivity contribution in [3.8, 4) is 0 Å². The standard InChI is InChI=1S/C4H8O2S.2C4H9.Bi/c1-3(7-2)4(5)6;2*1-3-4-2;/h3H,1-2H3,(H,5,6);2*1,3-4H2,2H3;/q;;;+1/p-1. The van der Waals surface area contributed by atoms with E-state index in [0.29, 0.717) is 0 Å². The molecule has 0 aromatic carbocycles. The van der Waals surface area contributed by atoms with E-state index in [0.717, 1.165) is 0 Å². The number of thioether (sulfide) groups is 1. The number of aliphatic carboxylic acids is 1. The van der Waals surface area contributed by atoms with E-state index in [-0.39, 0.29) is 28.5 Å². The molecule has 16 heavy (non-hydrogen) atoms. The van der Waals surface area contributed by atoms with Crippen LogP contribution in [0.25, 0.3) is 0 Å². The summed E-state index contributed by atoms with van der Waals surface area (Å²) >= 11 is 1.34. The molecule has 0 N–H and O–H groups in total. The van der Waals surface area contributed by atoms with Gasteiger partial charge in [-0.3, -0.25) is 0 Å². The molecule has 0 aliphatic rings. The first kappa shape index (κ1) is 19.1. The third-order valence-electron chi connectivity index (χ3n) is 2.03. The first-order valence-electron chi connectivity index (χ1n) is 5.96. The topological polar surface area (TPSA) is 40.1 Å². The number of carboxylic acid groups (broad SMARTS) is 1. The van der Waals surface area contributed by atoms with Gasteiger partial charge in [0.1, 0.15) is 0 Å². The Bertz CT molecular complexity index is 148. The van der Waals surface area contributed by atoms with Crippen LogP contribution in [0.5, 0.6) is 0 Å². The zero-order chi connectivity index (χ0) is 12.8. The monoisotopic (exact) mass is 442 g/mol. The Kier molecular flexibility index (Phi) is 18.7. The number of unbranched alkanes of at least 4 members (excludes halogenated alkanes) is 2. The van der Waals surface area contributed by atoms with E-state index in [1.165, 1.54) is 37.4 Å². The van der Waals surface area contributed by atoms with E-state index in [1.54, 1.807) is 21.4 Å². The molecule has 0 heterocycles. The van der Waals surface area contributed by atoms with Gasteiger partial charge in [0.2, 0.25) is 0 Å². The molecule has 1 unspecified atom stereocenters. The third-order valence-corrected chi connectivity index (χ3v) is 7.84. The van der Waals surface area contributed by atoms with E-state index in [9.17, 15) is 9.90 Å². The quantitative estimate of drug-likeness (QED) is 0.429. The van der Waals surface area contributed by atoms with Gasteiger partial charge in [-0.25, -0.2) is 0 Å². The first-order chi connectivity index (χ1) is 7.59. The summed E-state index contributed by atoms with van der Waals surface area (Å²) in [7, 11) is 0. The van der Waals surface area contributed by atoms with Gasteiger partial charge in [0.25, 0.3) is 0 Å².